The van der Waals surface area contributed by atoms with E-state index in [0.717, 1.165) is 12.3 Å². The normalized spacial score (nSPS) is 13.1. The van der Waals surface area contributed by atoms with Gasteiger partial charge in [-0.25, -0.2) is 14.2 Å². The van der Waals surface area contributed by atoms with Crippen LogP contribution in [0.2, 0.25) is 5.02 Å². The molecule has 3 aromatic rings. The summed E-state index contributed by atoms with van der Waals surface area (Å²) in [4.78, 5) is 29.8. The first-order valence-electron chi connectivity index (χ1n) is 9.66. The van der Waals surface area contributed by atoms with E-state index in [1.54, 1.807) is 17.0 Å². The number of benzene rings is 2. The first kappa shape index (κ1) is 23.3. The first-order valence-corrected chi connectivity index (χ1v) is 10.0. The van der Waals surface area contributed by atoms with Crippen molar-refractivity contribution in [2.75, 3.05) is 23.4 Å². The molecule has 0 saturated heterocycles. The van der Waals surface area contributed by atoms with Gasteiger partial charge in [0.25, 0.3) is 5.91 Å². The predicted molar refractivity (Wildman–Crippen MR) is 115 cm³/mol. The van der Waals surface area contributed by atoms with Crippen LogP contribution in [-0.4, -0.2) is 35.1 Å². The molecule has 12 heteroatoms. The molecule has 7 nitrogen and oxygen atoms in total. The van der Waals surface area contributed by atoms with E-state index in [0.29, 0.717) is 24.4 Å². The van der Waals surface area contributed by atoms with Gasteiger partial charge in [-0.3, -0.25) is 4.79 Å². The monoisotopic (exact) mass is 495 g/mol. The van der Waals surface area contributed by atoms with Crippen LogP contribution >= 0.6 is 11.6 Å². The summed E-state index contributed by atoms with van der Waals surface area (Å²) in [5.41, 5.74) is -1.26. The molecule has 1 amide bonds. The van der Waals surface area contributed by atoms with Crippen molar-refractivity contribution in [3.05, 3.63) is 76.2 Å². The van der Waals surface area contributed by atoms with Gasteiger partial charge < -0.3 is 20.1 Å². The van der Waals surface area contributed by atoms with Crippen LogP contribution in [0.1, 0.15) is 26.3 Å². The highest BCUT2D eigenvalue weighted by Crippen LogP contribution is 2.41. The molecule has 2 heterocycles. The van der Waals surface area contributed by atoms with Crippen molar-refractivity contribution >= 4 is 40.7 Å². The van der Waals surface area contributed by atoms with Crippen molar-refractivity contribution in [3.8, 4) is 5.75 Å². The first-order chi connectivity index (χ1) is 16.1. The summed E-state index contributed by atoms with van der Waals surface area (Å²) in [5, 5.41) is 11.5. The number of anilines is 3. The number of nitrogens with zero attached hydrogens (tertiary/aromatic N) is 2. The average molecular weight is 496 g/mol. The molecular formula is C22H14ClF4N3O4. The molecule has 34 heavy (non-hydrogen) atoms. The predicted octanol–water partition coefficient (Wildman–Crippen LogP) is 5.37. The number of aromatic nitrogens is 1. The number of carboxylic acid groups (broad SMARTS) is 1. The SMILES string of the molecule is O=C(O)c1cnc(N2CCOc3c(C(=O)Nc4ccc(C(F)(F)F)c(F)c4)cccc32)c(Cl)c1. The third kappa shape index (κ3) is 4.46. The third-order valence-electron chi connectivity index (χ3n) is 4.95. The van der Waals surface area contributed by atoms with Crippen LogP contribution in [0.25, 0.3) is 0 Å². The Morgan fingerprint density at radius 1 is 1.18 bits per heavy atom. The van der Waals surface area contributed by atoms with E-state index in [4.69, 9.17) is 21.4 Å². The molecule has 1 aliphatic rings. The molecule has 2 aromatic carbocycles. The summed E-state index contributed by atoms with van der Waals surface area (Å²) in [6, 6.07) is 7.92. The molecule has 2 N–H and O–H groups in total. The minimum absolute atomic E-state index is 0.0424. The number of alkyl halides is 3. The molecule has 0 atom stereocenters. The Labute approximate surface area is 194 Å². The zero-order valence-electron chi connectivity index (χ0n) is 17.0. The number of pyridine rings is 1. The highest BCUT2D eigenvalue weighted by Gasteiger charge is 2.34. The molecule has 176 valence electrons. The Hall–Kier alpha value is -3.86. The molecule has 0 bridgehead atoms. The van der Waals surface area contributed by atoms with Crippen molar-refractivity contribution in [1.82, 2.24) is 4.98 Å². The fraction of sp³-hybridized carbons (Fsp3) is 0.136. The molecule has 4 rings (SSSR count). The van der Waals surface area contributed by atoms with Gasteiger partial charge in [0, 0.05) is 11.9 Å². The maximum atomic E-state index is 13.9. The van der Waals surface area contributed by atoms with Gasteiger partial charge in [0.2, 0.25) is 0 Å². The van der Waals surface area contributed by atoms with Crippen LogP contribution in [0.4, 0.5) is 34.8 Å². The van der Waals surface area contributed by atoms with Gasteiger partial charge in [-0.1, -0.05) is 17.7 Å². The van der Waals surface area contributed by atoms with E-state index in [1.807, 2.05) is 0 Å². The molecule has 0 aliphatic carbocycles. The minimum atomic E-state index is -4.86. The zero-order valence-corrected chi connectivity index (χ0v) is 17.7. The van der Waals surface area contributed by atoms with Crippen LogP contribution in [0, 0.1) is 5.82 Å². The molecule has 1 aromatic heterocycles. The number of para-hydroxylation sites is 1. The van der Waals surface area contributed by atoms with E-state index in [1.165, 1.54) is 12.1 Å². The molecule has 0 saturated carbocycles. The van der Waals surface area contributed by atoms with Gasteiger partial charge in [-0.05, 0) is 36.4 Å². The highest BCUT2D eigenvalue weighted by atomic mass is 35.5. The Balaban J connectivity index is 1.64. The van der Waals surface area contributed by atoms with E-state index < -0.39 is 29.4 Å². The van der Waals surface area contributed by atoms with E-state index in [9.17, 15) is 27.2 Å². The Kier molecular flexibility index (Phi) is 6.05. The number of fused-ring (bicyclic) bond motifs is 1. The smallest absolute Gasteiger partial charge is 0.419 e. The van der Waals surface area contributed by atoms with Crippen molar-refractivity contribution in [2.45, 2.75) is 6.18 Å². The van der Waals surface area contributed by atoms with Gasteiger partial charge in [0.1, 0.15) is 12.4 Å². The number of rotatable bonds is 4. The Bertz CT molecular complexity index is 1300. The maximum Gasteiger partial charge on any atom is 0.419 e. The van der Waals surface area contributed by atoms with Crippen molar-refractivity contribution in [1.29, 1.82) is 0 Å². The maximum absolute atomic E-state index is 13.9. The van der Waals surface area contributed by atoms with Crippen LogP contribution < -0.4 is 15.0 Å². The lowest BCUT2D eigenvalue weighted by Crippen LogP contribution is -2.31. The number of aromatic carboxylic acids is 1. The van der Waals surface area contributed by atoms with Crippen LogP contribution in [-0.2, 0) is 6.18 Å². The lowest BCUT2D eigenvalue weighted by Gasteiger charge is -2.32. The number of ether oxygens (including phenoxy) is 1. The third-order valence-corrected chi connectivity index (χ3v) is 5.23. The average Bonchev–Trinajstić information content (AvgIpc) is 2.77. The van der Waals surface area contributed by atoms with Crippen molar-refractivity contribution < 1.29 is 37.0 Å². The van der Waals surface area contributed by atoms with Crippen LogP contribution in [0.15, 0.2) is 48.7 Å². The van der Waals surface area contributed by atoms with Crippen LogP contribution in [0.3, 0.4) is 0 Å². The standard InChI is InChI=1S/C22H14ClF4N3O4/c23-15-8-11(21(32)33)10-28-19(15)30-6-7-34-18-13(2-1-3-17(18)30)20(31)29-12-4-5-14(16(24)9-12)22(25,26)27/h1-5,8-10H,6-7H2,(H,29,31)(H,32,33). The van der Waals surface area contributed by atoms with E-state index in [-0.39, 0.29) is 40.0 Å². The van der Waals surface area contributed by atoms with Gasteiger partial charge in [-0.15, -0.1) is 0 Å². The fourth-order valence-corrected chi connectivity index (χ4v) is 3.68. The topological polar surface area (TPSA) is 91.8 Å². The Morgan fingerprint density at radius 3 is 2.59 bits per heavy atom. The summed E-state index contributed by atoms with van der Waals surface area (Å²) in [6.45, 7) is 0.423. The van der Waals surface area contributed by atoms with Gasteiger partial charge in [-0.2, -0.15) is 13.2 Å². The second-order valence-electron chi connectivity index (χ2n) is 7.14. The molecule has 0 radical (unpaired) electrons. The molecule has 0 spiro atoms. The largest absolute Gasteiger partial charge is 0.489 e. The number of hydrogen-bond donors (Lipinski definition) is 2. The summed E-state index contributed by atoms with van der Waals surface area (Å²) < 4.78 is 57.8. The number of halogens is 5. The molecule has 0 fully saturated rings. The number of amides is 1. The summed E-state index contributed by atoms with van der Waals surface area (Å²) >= 11 is 6.24. The van der Waals surface area contributed by atoms with Crippen LogP contribution in [0.5, 0.6) is 5.75 Å². The lowest BCUT2D eigenvalue weighted by molar-refractivity contribution is -0.139. The number of carbonyl (C=O) groups is 2. The second kappa shape index (κ2) is 8.82. The fourth-order valence-electron chi connectivity index (χ4n) is 3.41. The number of carbonyl (C=O) groups excluding carboxylic acids is 1. The van der Waals surface area contributed by atoms with Gasteiger partial charge in [0.05, 0.1) is 33.9 Å². The summed E-state index contributed by atoms with van der Waals surface area (Å²) in [5.74, 6) is -3.05. The minimum Gasteiger partial charge on any atom is -0.489 e. The van der Waals surface area contributed by atoms with E-state index in [2.05, 4.69) is 10.3 Å². The van der Waals surface area contributed by atoms with Gasteiger partial charge >= 0.3 is 12.1 Å². The number of hydrogen-bond acceptors (Lipinski definition) is 5. The molecule has 0 unspecified atom stereocenters. The molecular weight excluding hydrogens is 482 g/mol. The highest BCUT2D eigenvalue weighted by molar-refractivity contribution is 6.33. The van der Waals surface area contributed by atoms with E-state index >= 15 is 0 Å². The second-order valence-corrected chi connectivity index (χ2v) is 7.54. The van der Waals surface area contributed by atoms with Crippen molar-refractivity contribution in [3.63, 3.8) is 0 Å². The van der Waals surface area contributed by atoms with Crippen molar-refractivity contribution in [2.24, 2.45) is 0 Å². The molecule has 1 aliphatic heterocycles. The number of carboxylic acids is 1. The number of nitrogens with one attached hydrogen (secondary N) is 1. The zero-order chi connectivity index (χ0) is 24.6. The Morgan fingerprint density at radius 2 is 1.94 bits per heavy atom. The summed E-state index contributed by atoms with van der Waals surface area (Å²) in [7, 11) is 0. The van der Waals surface area contributed by atoms with Gasteiger partial charge in [0.15, 0.2) is 11.6 Å². The quantitative estimate of drug-likeness (QED) is 0.473. The summed E-state index contributed by atoms with van der Waals surface area (Å²) in [6.07, 6.45) is -3.71. The lowest BCUT2D eigenvalue weighted by atomic mass is 10.1.